The molecule has 2 aromatic carbocycles. The van der Waals surface area contributed by atoms with Gasteiger partial charge in [0, 0.05) is 0 Å². The minimum atomic E-state index is -5.05. The van der Waals surface area contributed by atoms with Gasteiger partial charge in [0.15, 0.2) is 0 Å². The molecule has 2 fully saturated rings. The number of rotatable bonds is 12. The Morgan fingerprint density at radius 2 is 1.31 bits per heavy atom. The van der Waals surface area contributed by atoms with Crippen LogP contribution in [0.4, 0.5) is 30.7 Å². The van der Waals surface area contributed by atoms with Crippen molar-refractivity contribution in [3.8, 4) is 0 Å². The van der Waals surface area contributed by atoms with Crippen LogP contribution in [0.2, 0.25) is 0 Å². The summed E-state index contributed by atoms with van der Waals surface area (Å²) in [4.78, 5) is 0. The number of unbranched alkanes of at least 4 members (excludes halogenated alkanes) is 1. The lowest BCUT2D eigenvalue weighted by Crippen LogP contribution is -2.32. The van der Waals surface area contributed by atoms with Crippen LogP contribution in [-0.2, 0) is 29.9 Å². The fourth-order valence-electron chi connectivity index (χ4n) is 6.84. The van der Waals surface area contributed by atoms with E-state index in [1.807, 2.05) is 6.08 Å². The van der Waals surface area contributed by atoms with Gasteiger partial charge >= 0.3 is 12.3 Å². The fourth-order valence-corrected chi connectivity index (χ4v) is 6.84. The molecule has 0 saturated heterocycles. The molecule has 1 nitrogen and oxygen atoms in total. The highest BCUT2D eigenvalue weighted by Crippen LogP contribution is 2.43. The number of benzene rings is 2. The predicted octanol–water partition coefficient (Wildman–Crippen LogP) is 10.9. The Hall–Kier alpha value is -2.35. The van der Waals surface area contributed by atoms with Gasteiger partial charge < -0.3 is 4.74 Å². The highest BCUT2D eigenvalue weighted by molar-refractivity contribution is 5.28. The second kappa shape index (κ2) is 14.4. The van der Waals surface area contributed by atoms with E-state index in [2.05, 4.69) is 6.58 Å². The van der Waals surface area contributed by atoms with Crippen molar-refractivity contribution in [2.24, 2.45) is 17.8 Å². The number of ether oxygens (including phenoxy) is 1. The maximum atomic E-state index is 14.8. The van der Waals surface area contributed by atoms with Crippen LogP contribution >= 0.6 is 0 Å². The molecule has 2 aliphatic carbocycles. The quantitative estimate of drug-likeness (QED) is 0.134. The Labute approximate surface area is 244 Å². The van der Waals surface area contributed by atoms with Gasteiger partial charge in [-0.3, -0.25) is 0 Å². The lowest BCUT2D eigenvalue weighted by atomic mass is 9.70. The number of hydrogen-bond donors (Lipinski definition) is 0. The molecule has 0 radical (unpaired) electrons. The molecule has 0 unspecified atom stereocenters. The molecule has 8 heteroatoms. The summed E-state index contributed by atoms with van der Waals surface area (Å²) in [5.74, 6) is -1.41. The largest absolute Gasteiger partial charge is 0.422 e. The first-order valence-corrected chi connectivity index (χ1v) is 15.3. The average molecular weight is 599 g/mol. The van der Waals surface area contributed by atoms with Gasteiger partial charge in [0.05, 0.1) is 11.7 Å². The molecular weight excluding hydrogens is 557 g/mol. The Morgan fingerprint density at radius 1 is 0.738 bits per heavy atom. The van der Waals surface area contributed by atoms with E-state index in [9.17, 15) is 30.7 Å². The lowest BCUT2D eigenvalue weighted by molar-refractivity contribution is -0.278. The molecule has 0 bridgehead atoms. The van der Waals surface area contributed by atoms with Gasteiger partial charge in [-0.05, 0) is 105 Å². The van der Waals surface area contributed by atoms with E-state index in [1.165, 1.54) is 12.1 Å². The van der Waals surface area contributed by atoms with E-state index in [1.54, 1.807) is 12.1 Å². The Bertz CT molecular complexity index is 1120. The maximum Gasteiger partial charge on any atom is 0.422 e. The summed E-state index contributed by atoms with van der Waals surface area (Å²) in [6.45, 7) is 3.69. The molecule has 0 amide bonds. The van der Waals surface area contributed by atoms with Crippen LogP contribution in [0.1, 0.15) is 99.3 Å². The SMILES string of the molecule is C=CCCc1ccc(C(F)(F)OC2CCC(C3CCC(CCCCc4cc(F)c(C(F)(F)F)c(F)c4)CC3)CC2)cc1. The zero-order valence-electron chi connectivity index (χ0n) is 24.0. The van der Waals surface area contributed by atoms with Crippen molar-refractivity contribution in [2.45, 2.75) is 108 Å². The number of halogens is 7. The van der Waals surface area contributed by atoms with Gasteiger partial charge in [-0.25, -0.2) is 8.78 Å². The van der Waals surface area contributed by atoms with E-state index in [4.69, 9.17) is 4.74 Å². The van der Waals surface area contributed by atoms with Crippen LogP contribution in [0.5, 0.6) is 0 Å². The van der Waals surface area contributed by atoms with Crippen molar-refractivity contribution in [1.29, 1.82) is 0 Å². The van der Waals surface area contributed by atoms with Gasteiger partial charge in [0.25, 0.3) is 0 Å². The first kappa shape index (κ1) is 32.6. The third-order valence-corrected chi connectivity index (χ3v) is 9.23. The molecule has 0 heterocycles. The average Bonchev–Trinajstić information content (AvgIpc) is 2.94. The van der Waals surface area contributed by atoms with Crippen molar-refractivity contribution in [2.75, 3.05) is 0 Å². The van der Waals surface area contributed by atoms with E-state index in [0.29, 0.717) is 43.4 Å². The standard InChI is InChI=1S/C34H41F7O/c1-2-3-6-23-11-17-28(18-12-23)34(40,41)42-29-19-15-27(16-20-29)26-13-9-24(10-14-26)7-4-5-8-25-21-30(35)32(31(36)22-25)33(37,38)39/h2,11-12,17-18,21-22,24,26-27,29H,1,3-10,13-16,19-20H2. The third kappa shape index (κ3) is 8.84. The minimum absolute atomic E-state index is 0.107. The lowest BCUT2D eigenvalue weighted by Gasteiger charge is -2.38. The summed E-state index contributed by atoms with van der Waals surface area (Å²) in [6.07, 6.45) is 4.96. The molecular formula is C34H41F7O. The predicted molar refractivity (Wildman–Crippen MR) is 150 cm³/mol. The zero-order valence-corrected chi connectivity index (χ0v) is 24.0. The van der Waals surface area contributed by atoms with Crippen molar-refractivity contribution >= 4 is 0 Å². The smallest absolute Gasteiger partial charge is 0.313 e. The molecule has 2 aromatic rings. The molecule has 4 rings (SSSR count). The Balaban J connectivity index is 1.13. The van der Waals surface area contributed by atoms with Crippen LogP contribution in [0, 0.1) is 29.4 Å². The normalized spacial score (nSPS) is 23.6. The zero-order chi connectivity index (χ0) is 30.3. The molecule has 0 aliphatic heterocycles. The summed E-state index contributed by atoms with van der Waals surface area (Å²) >= 11 is 0. The number of hydrogen-bond acceptors (Lipinski definition) is 1. The van der Waals surface area contributed by atoms with E-state index < -0.39 is 35.6 Å². The maximum absolute atomic E-state index is 14.8. The Kier molecular flexibility index (Phi) is 11.2. The second-order valence-electron chi connectivity index (χ2n) is 12.2. The Morgan fingerprint density at radius 3 is 1.86 bits per heavy atom. The molecule has 2 aliphatic rings. The van der Waals surface area contributed by atoms with Crippen LogP contribution in [0.15, 0.2) is 49.1 Å². The summed E-state index contributed by atoms with van der Waals surface area (Å²) in [7, 11) is 0. The molecule has 232 valence electrons. The van der Waals surface area contributed by atoms with Gasteiger partial charge in [-0.15, -0.1) is 6.58 Å². The number of allylic oxidation sites excluding steroid dienone is 1. The second-order valence-corrected chi connectivity index (χ2v) is 12.2. The van der Waals surface area contributed by atoms with Gasteiger partial charge in [0.1, 0.15) is 17.2 Å². The third-order valence-electron chi connectivity index (χ3n) is 9.23. The summed E-state index contributed by atoms with van der Waals surface area (Å²) in [5.41, 5.74) is -0.695. The minimum Gasteiger partial charge on any atom is -0.313 e. The fraction of sp³-hybridized carbons (Fsp3) is 0.588. The summed E-state index contributed by atoms with van der Waals surface area (Å²) in [6, 6.07) is 7.95. The number of aryl methyl sites for hydroxylation is 2. The van der Waals surface area contributed by atoms with Gasteiger partial charge in [-0.1, -0.05) is 56.0 Å². The van der Waals surface area contributed by atoms with E-state index in [0.717, 1.165) is 81.9 Å². The highest BCUT2D eigenvalue weighted by atomic mass is 19.4. The first-order chi connectivity index (χ1) is 20.0. The topological polar surface area (TPSA) is 9.23 Å². The van der Waals surface area contributed by atoms with Crippen molar-refractivity contribution in [3.63, 3.8) is 0 Å². The molecule has 0 atom stereocenters. The molecule has 0 spiro atoms. The van der Waals surface area contributed by atoms with Crippen LogP contribution in [0.3, 0.4) is 0 Å². The van der Waals surface area contributed by atoms with Gasteiger partial charge in [-0.2, -0.15) is 22.0 Å². The molecule has 42 heavy (non-hydrogen) atoms. The monoisotopic (exact) mass is 598 g/mol. The summed E-state index contributed by atoms with van der Waals surface area (Å²) in [5, 5.41) is 0. The van der Waals surface area contributed by atoms with E-state index >= 15 is 0 Å². The van der Waals surface area contributed by atoms with E-state index in [-0.39, 0.29) is 11.1 Å². The van der Waals surface area contributed by atoms with Crippen molar-refractivity contribution in [1.82, 2.24) is 0 Å². The molecule has 0 aromatic heterocycles. The van der Waals surface area contributed by atoms with Crippen molar-refractivity contribution in [3.05, 3.63) is 82.9 Å². The molecule has 2 saturated carbocycles. The van der Waals surface area contributed by atoms with Crippen LogP contribution in [-0.4, -0.2) is 6.10 Å². The summed E-state index contributed by atoms with van der Waals surface area (Å²) < 4.78 is 101. The van der Waals surface area contributed by atoms with Gasteiger partial charge in [0.2, 0.25) is 0 Å². The first-order valence-electron chi connectivity index (χ1n) is 15.3. The highest BCUT2D eigenvalue weighted by Gasteiger charge is 2.39. The molecule has 0 N–H and O–H groups in total. The number of alkyl halides is 5. The van der Waals surface area contributed by atoms with Crippen molar-refractivity contribution < 1.29 is 35.5 Å². The van der Waals surface area contributed by atoms with Crippen LogP contribution < -0.4 is 0 Å². The van der Waals surface area contributed by atoms with Crippen LogP contribution in [0.25, 0.3) is 0 Å².